The highest BCUT2D eigenvalue weighted by molar-refractivity contribution is 5.97. The van der Waals surface area contributed by atoms with Crippen molar-refractivity contribution in [1.82, 2.24) is 4.98 Å². The first-order valence-electron chi connectivity index (χ1n) is 4.74. The Labute approximate surface area is 91.7 Å². The minimum atomic E-state index is -0.775. The molecular formula is C11H11NO4. The fourth-order valence-electron chi connectivity index (χ4n) is 1.14. The predicted molar refractivity (Wildman–Crippen MR) is 56.9 cm³/mol. The average molecular weight is 221 g/mol. The second kappa shape index (κ2) is 5.09. The summed E-state index contributed by atoms with van der Waals surface area (Å²) in [5.74, 6) is 0.850. The summed E-state index contributed by atoms with van der Waals surface area (Å²) in [5, 5.41) is 0. The first kappa shape index (κ1) is 11.9. The van der Waals surface area contributed by atoms with Crippen molar-refractivity contribution in [3.05, 3.63) is 33.8 Å². The zero-order valence-corrected chi connectivity index (χ0v) is 8.99. The van der Waals surface area contributed by atoms with Gasteiger partial charge in [0.15, 0.2) is 0 Å². The monoisotopic (exact) mass is 221 g/mol. The van der Waals surface area contributed by atoms with Gasteiger partial charge in [-0.3, -0.25) is 4.79 Å². The lowest BCUT2D eigenvalue weighted by molar-refractivity contribution is -0.130. The Hall–Kier alpha value is -2.13. The SMILES string of the molecule is CCC(=C=O)C(=O)Oc1cc(C)[nH]c(=O)c1. The van der Waals surface area contributed by atoms with E-state index in [-0.39, 0.29) is 23.3 Å². The van der Waals surface area contributed by atoms with Crippen molar-refractivity contribution < 1.29 is 14.3 Å². The third-order valence-corrected chi connectivity index (χ3v) is 1.89. The second-order valence-corrected chi connectivity index (χ2v) is 3.19. The average Bonchev–Trinajstić information content (AvgIpc) is 2.17. The topological polar surface area (TPSA) is 76.2 Å². The maximum absolute atomic E-state index is 11.4. The van der Waals surface area contributed by atoms with E-state index in [1.165, 1.54) is 12.0 Å². The minimum Gasteiger partial charge on any atom is -0.422 e. The van der Waals surface area contributed by atoms with Crippen molar-refractivity contribution in [2.24, 2.45) is 0 Å². The number of hydrogen-bond donors (Lipinski definition) is 1. The van der Waals surface area contributed by atoms with Crippen LogP contribution in [0.25, 0.3) is 0 Å². The van der Waals surface area contributed by atoms with Crippen LogP contribution in [0, 0.1) is 6.92 Å². The van der Waals surface area contributed by atoms with Crippen molar-refractivity contribution in [3.63, 3.8) is 0 Å². The van der Waals surface area contributed by atoms with E-state index >= 15 is 0 Å². The number of nitrogens with one attached hydrogen (secondary N) is 1. The molecule has 16 heavy (non-hydrogen) atoms. The maximum Gasteiger partial charge on any atom is 0.350 e. The molecule has 0 spiro atoms. The van der Waals surface area contributed by atoms with Crippen LogP contribution in [0.1, 0.15) is 19.0 Å². The first-order valence-corrected chi connectivity index (χ1v) is 4.74. The Morgan fingerprint density at radius 2 is 2.19 bits per heavy atom. The fraction of sp³-hybridized carbons (Fsp3) is 0.273. The van der Waals surface area contributed by atoms with E-state index in [0.29, 0.717) is 5.69 Å². The number of rotatable bonds is 3. The molecule has 0 atom stereocenters. The lowest BCUT2D eigenvalue weighted by Crippen LogP contribution is -2.14. The van der Waals surface area contributed by atoms with E-state index in [1.54, 1.807) is 13.8 Å². The first-order chi connectivity index (χ1) is 7.56. The number of aromatic nitrogens is 1. The van der Waals surface area contributed by atoms with Crippen LogP contribution >= 0.6 is 0 Å². The van der Waals surface area contributed by atoms with Gasteiger partial charge in [-0.1, -0.05) is 6.92 Å². The third kappa shape index (κ3) is 2.93. The molecule has 0 aromatic carbocycles. The van der Waals surface area contributed by atoms with Crippen LogP contribution in [0.3, 0.4) is 0 Å². The maximum atomic E-state index is 11.4. The lowest BCUT2D eigenvalue weighted by Gasteiger charge is -2.03. The molecule has 84 valence electrons. The van der Waals surface area contributed by atoms with Crippen molar-refractivity contribution in [1.29, 1.82) is 0 Å². The van der Waals surface area contributed by atoms with Gasteiger partial charge in [0.25, 0.3) is 5.56 Å². The molecule has 1 heterocycles. The Morgan fingerprint density at radius 1 is 1.50 bits per heavy atom. The Balaban J connectivity index is 2.93. The molecule has 0 radical (unpaired) electrons. The van der Waals surface area contributed by atoms with Crippen LogP contribution in [0.2, 0.25) is 0 Å². The van der Waals surface area contributed by atoms with E-state index < -0.39 is 5.97 Å². The van der Waals surface area contributed by atoms with Crippen LogP contribution in [-0.2, 0) is 9.59 Å². The summed E-state index contributed by atoms with van der Waals surface area (Å²) in [6.07, 6.45) is 0.241. The summed E-state index contributed by atoms with van der Waals surface area (Å²) in [5.41, 5.74) is 0.122. The molecule has 0 aliphatic heterocycles. The summed E-state index contributed by atoms with van der Waals surface area (Å²) in [6.45, 7) is 3.31. The van der Waals surface area contributed by atoms with Crippen molar-refractivity contribution in [3.8, 4) is 5.75 Å². The molecule has 0 aliphatic rings. The molecule has 5 nitrogen and oxygen atoms in total. The Bertz CT molecular complexity index is 509. The molecule has 0 saturated heterocycles. The Kier molecular flexibility index (Phi) is 3.80. The molecule has 1 aromatic rings. The smallest absolute Gasteiger partial charge is 0.350 e. The van der Waals surface area contributed by atoms with Gasteiger partial charge in [0.05, 0.1) is 0 Å². The number of hydrogen-bond acceptors (Lipinski definition) is 4. The summed E-state index contributed by atoms with van der Waals surface area (Å²) >= 11 is 0. The number of aryl methyl sites for hydroxylation is 1. The fourth-order valence-corrected chi connectivity index (χ4v) is 1.14. The molecule has 0 aliphatic carbocycles. The van der Waals surface area contributed by atoms with E-state index in [1.807, 2.05) is 0 Å². The number of pyridine rings is 1. The van der Waals surface area contributed by atoms with Crippen LogP contribution in [0.4, 0.5) is 0 Å². The summed E-state index contributed by atoms with van der Waals surface area (Å²) in [6, 6.07) is 2.64. The highest BCUT2D eigenvalue weighted by atomic mass is 16.5. The van der Waals surface area contributed by atoms with Gasteiger partial charge in [0, 0.05) is 17.8 Å². The number of carbonyl (C=O) groups excluding carboxylic acids is 2. The van der Waals surface area contributed by atoms with E-state index in [4.69, 9.17) is 4.74 Å². The minimum absolute atomic E-state index is 0.0852. The van der Waals surface area contributed by atoms with Gasteiger partial charge in [-0.25, -0.2) is 9.59 Å². The molecule has 0 fully saturated rings. The van der Waals surface area contributed by atoms with Crippen LogP contribution in [0.15, 0.2) is 22.5 Å². The molecule has 0 amide bonds. The molecule has 1 aromatic heterocycles. The largest absolute Gasteiger partial charge is 0.422 e. The van der Waals surface area contributed by atoms with E-state index in [9.17, 15) is 14.4 Å². The summed E-state index contributed by atoms with van der Waals surface area (Å²) in [4.78, 5) is 35.3. The van der Waals surface area contributed by atoms with Crippen LogP contribution in [0.5, 0.6) is 5.75 Å². The molecule has 0 unspecified atom stereocenters. The Morgan fingerprint density at radius 3 is 2.69 bits per heavy atom. The van der Waals surface area contributed by atoms with Crippen LogP contribution < -0.4 is 10.3 Å². The zero-order valence-electron chi connectivity index (χ0n) is 8.99. The standard InChI is InChI=1S/C11H11NO4/c1-3-8(6-13)11(15)16-9-4-7(2)12-10(14)5-9/h4-5H,3H2,1-2H3,(H,12,14). The predicted octanol–water partition coefficient (Wildman–Crippen LogP) is 0.757. The molecule has 1 rings (SSSR count). The highest BCUT2D eigenvalue weighted by Gasteiger charge is 2.11. The quantitative estimate of drug-likeness (QED) is 0.464. The van der Waals surface area contributed by atoms with Crippen molar-refractivity contribution >= 4 is 11.9 Å². The second-order valence-electron chi connectivity index (χ2n) is 3.19. The van der Waals surface area contributed by atoms with E-state index in [2.05, 4.69) is 4.98 Å². The zero-order chi connectivity index (χ0) is 12.1. The molecule has 0 saturated carbocycles. The molecule has 5 heteroatoms. The van der Waals surface area contributed by atoms with Crippen LogP contribution in [-0.4, -0.2) is 16.9 Å². The van der Waals surface area contributed by atoms with Gasteiger partial charge in [-0.05, 0) is 13.3 Å². The molecular weight excluding hydrogens is 210 g/mol. The van der Waals surface area contributed by atoms with E-state index in [0.717, 1.165) is 6.07 Å². The van der Waals surface area contributed by atoms with Gasteiger partial charge in [-0.2, -0.15) is 0 Å². The molecule has 1 N–H and O–H groups in total. The highest BCUT2D eigenvalue weighted by Crippen LogP contribution is 2.10. The summed E-state index contributed by atoms with van der Waals surface area (Å²) in [7, 11) is 0. The normalized spacial score (nSPS) is 9.38. The number of carbonyl (C=O) groups is 1. The number of esters is 1. The van der Waals surface area contributed by atoms with Gasteiger partial charge in [0.1, 0.15) is 17.3 Å². The van der Waals surface area contributed by atoms with Gasteiger partial charge in [-0.15, -0.1) is 0 Å². The van der Waals surface area contributed by atoms with Gasteiger partial charge in [0.2, 0.25) is 0 Å². The summed E-state index contributed by atoms with van der Waals surface area (Å²) < 4.78 is 4.86. The number of aromatic amines is 1. The van der Waals surface area contributed by atoms with Gasteiger partial charge >= 0.3 is 5.97 Å². The molecule has 0 bridgehead atoms. The van der Waals surface area contributed by atoms with Gasteiger partial charge < -0.3 is 9.72 Å². The lowest BCUT2D eigenvalue weighted by atomic mass is 10.2. The third-order valence-electron chi connectivity index (χ3n) is 1.89. The van der Waals surface area contributed by atoms with Crippen molar-refractivity contribution in [2.75, 3.05) is 0 Å². The number of H-pyrrole nitrogens is 1. The van der Waals surface area contributed by atoms with Crippen molar-refractivity contribution in [2.45, 2.75) is 20.3 Å². The number of ether oxygens (including phenoxy) is 1.